The molecule has 1 atom stereocenters. The predicted octanol–water partition coefficient (Wildman–Crippen LogP) is 2.68. The number of aromatic hydroxyl groups is 1. The van der Waals surface area contributed by atoms with Crippen LogP contribution in [0.4, 0.5) is 4.39 Å². The van der Waals surface area contributed by atoms with Crippen LogP contribution in [0.15, 0.2) is 36.4 Å². The SMILES string of the molecule is Oc1cc2c(cc1[C@@H](c1ccc(F)cc1)N1CCOCC1)OCO2. The lowest BCUT2D eigenvalue weighted by Crippen LogP contribution is -2.39. The third-order valence-electron chi connectivity index (χ3n) is 4.41. The average molecular weight is 331 g/mol. The summed E-state index contributed by atoms with van der Waals surface area (Å²) in [6.07, 6.45) is 0. The van der Waals surface area contributed by atoms with Crippen LogP contribution in [0, 0.1) is 5.82 Å². The first-order chi connectivity index (χ1) is 11.7. The molecule has 2 aromatic rings. The summed E-state index contributed by atoms with van der Waals surface area (Å²) in [5.41, 5.74) is 1.63. The van der Waals surface area contributed by atoms with Gasteiger partial charge in [0.2, 0.25) is 6.79 Å². The largest absolute Gasteiger partial charge is 0.507 e. The second-order valence-electron chi connectivity index (χ2n) is 5.87. The Bertz CT molecular complexity index is 729. The van der Waals surface area contributed by atoms with Gasteiger partial charge in [-0.1, -0.05) is 12.1 Å². The van der Waals surface area contributed by atoms with Crippen molar-refractivity contribution >= 4 is 0 Å². The van der Waals surface area contributed by atoms with Crippen LogP contribution < -0.4 is 9.47 Å². The van der Waals surface area contributed by atoms with Gasteiger partial charge < -0.3 is 19.3 Å². The van der Waals surface area contributed by atoms with Gasteiger partial charge in [0.05, 0.1) is 19.3 Å². The Morgan fingerprint density at radius 3 is 2.38 bits per heavy atom. The molecule has 2 heterocycles. The molecule has 0 unspecified atom stereocenters. The topological polar surface area (TPSA) is 51.2 Å². The molecule has 0 aromatic heterocycles. The van der Waals surface area contributed by atoms with Crippen LogP contribution in [-0.4, -0.2) is 43.1 Å². The van der Waals surface area contributed by atoms with E-state index < -0.39 is 0 Å². The van der Waals surface area contributed by atoms with Crippen LogP contribution in [0.1, 0.15) is 17.2 Å². The minimum atomic E-state index is -0.283. The van der Waals surface area contributed by atoms with Crippen molar-refractivity contribution in [3.63, 3.8) is 0 Å². The third kappa shape index (κ3) is 2.79. The average Bonchev–Trinajstić information content (AvgIpc) is 3.05. The number of hydrogen-bond acceptors (Lipinski definition) is 5. The molecule has 24 heavy (non-hydrogen) atoms. The molecule has 1 saturated heterocycles. The number of ether oxygens (including phenoxy) is 3. The molecular formula is C18H18FNO4. The highest BCUT2D eigenvalue weighted by molar-refractivity contribution is 5.54. The quantitative estimate of drug-likeness (QED) is 0.937. The summed E-state index contributed by atoms with van der Waals surface area (Å²) in [5.74, 6) is 1.01. The molecule has 4 rings (SSSR count). The van der Waals surface area contributed by atoms with Crippen LogP contribution in [0.3, 0.4) is 0 Å². The van der Waals surface area contributed by atoms with Gasteiger partial charge in [0.1, 0.15) is 11.6 Å². The lowest BCUT2D eigenvalue weighted by atomic mass is 9.95. The zero-order chi connectivity index (χ0) is 16.5. The molecule has 2 aromatic carbocycles. The maximum absolute atomic E-state index is 13.3. The highest BCUT2D eigenvalue weighted by Gasteiger charge is 2.29. The first kappa shape index (κ1) is 15.2. The smallest absolute Gasteiger partial charge is 0.231 e. The minimum Gasteiger partial charge on any atom is -0.507 e. The summed E-state index contributed by atoms with van der Waals surface area (Å²) >= 11 is 0. The molecule has 0 aliphatic carbocycles. The van der Waals surface area contributed by atoms with Crippen molar-refractivity contribution in [2.75, 3.05) is 33.1 Å². The van der Waals surface area contributed by atoms with Gasteiger partial charge in [-0.2, -0.15) is 0 Å². The van der Waals surface area contributed by atoms with Crippen LogP contribution in [0.5, 0.6) is 17.2 Å². The Kier molecular flexibility index (Phi) is 4.00. The molecule has 6 heteroatoms. The van der Waals surface area contributed by atoms with Gasteiger partial charge in [0, 0.05) is 24.7 Å². The highest BCUT2D eigenvalue weighted by Crippen LogP contribution is 2.43. The van der Waals surface area contributed by atoms with E-state index in [0.29, 0.717) is 30.3 Å². The second kappa shape index (κ2) is 6.30. The predicted molar refractivity (Wildman–Crippen MR) is 84.9 cm³/mol. The van der Waals surface area contributed by atoms with E-state index in [-0.39, 0.29) is 24.4 Å². The number of phenolic OH excluding ortho intramolecular Hbond substituents is 1. The molecule has 0 spiro atoms. The van der Waals surface area contributed by atoms with Crippen molar-refractivity contribution in [3.05, 3.63) is 53.3 Å². The molecule has 1 N–H and O–H groups in total. The van der Waals surface area contributed by atoms with E-state index >= 15 is 0 Å². The first-order valence-corrected chi connectivity index (χ1v) is 7.92. The summed E-state index contributed by atoms with van der Waals surface area (Å²) in [5, 5.41) is 10.5. The van der Waals surface area contributed by atoms with Gasteiger partial charge in [0.25, 0.3) is 0 Å². The minimum absolute atomic E-state index is 0.139. The number of benzene rings is 2. The molecule has 0 radical (unpaired) electrons. The Labute approximate surface area is 139 Å². The van der Waals surface area contributed by atoms with E-state index in [2.05, 4.69) is 4.90 Å². The number of fused-ring (bicyclic) bond motifs is 1. The maximum Gasteiger partial charge on any atom is 0.231 e. The van der Waals surface area contributed by atoms with Crippen molar-refractivity contribution < 1.29 is 23.7 Å². The summed E-state index contributed by atoms with van der Waals surface area (Å²) in [7, 11) is 0. The highest BCUT2D eigenvalue weighted by atomic mass is 19.1. The van der Waals surface area contributed by atoms with Gasteiger partial charge in [-0.25, -0.2) is 4.39 Å². The van der Waals surface area contributed by atoms with Gasteiger partial charge in [-0.3, -0.25) is 4.90 Å². The Hall–Kier alpha value is -2.31. The molecule has 0 amide bonds. The number of morpholine rings is 1. The molecule has 1 fully saturated rings. The maximum atomic E-state index is 13.3. The number of rotatable bonds is 3. The van der Waals surface area contributed by atoms with E-state index in [1.54, 1.807) is 24.3 Å². The molecule has 2 aliphatic rings. The van der Waals surface area contributed by atoms with E-state index in [0.717, 1.165) is 18.7 Å². The Morgan fingerprint density at radius 2 is 1.67 bits per heavy atom. The zero-order valence-electron chi connectivity index (χ0n) is 13.1. The molecule has 2 aliphatic heterocycles. The molecule has 0 bridgehead atoms. The van der Waals surface area contributed by atoms with Crippen molar-refractivity contribution in [2.45, 2.75) is 6.04 Å². The van der Waals surface area contributed by atoms with Crippen molar-refractivity contribution in [1.82, 2.24) is 4.90 Å². The van der Waals surface area contributed by atoms with Gasteiger partial charge in [-0.15, -0.1) is 0 Å². The van der Waals surface area contributed by atoms with Gasteiger partial charge in [-0.05, 0) is 23.8 Å². The van der Waals surface area contributed by atoms with E-state index in [4.69, 9.17) is 14.2 Å². The van der Waals surface area contributed by atoms with E-state index in [9.17, 15) is 9.50 Å². The van der Waals surface area contributed by atoms with Crippen LogP contribution in [-0.2, 0) is 4.74 Å². The fourth-order valence-electron chi connectivity index (χ4n) is 3.23. The number of halogens is 1. The van der Waals surface area contributed by atoms with Crippen LogP contribution in [0.2, 0.25) is 0 Å². The van der Waals surface area contributed by atoms with Gasteiger partial charge in [0.15, 0.2) is 11.5 Å². The monoisotopic (exact) mass is 331 g/mol. The molecule has 5 nitrogen and oxygen atoms in total. The van der Waals surface area contributed by atoms with E-state index in [1.807, 2.05) is 0 Å². The molecule has 0 saturated carbocycles. The normalized spacial score (nSPS) is 18.5. The van der Waals surface area contributed by atoms with E-state index in [1.165, 1.54) is 12.1 Å². The molecule has 126 valence electrons. The van der Waals surface area contributed by atoms with Crippen LogP contribution in [0.25, 0.3) is 0 Å². The number of nitrogens with zero attached hydrogens (tertiary/aromatic N) is 1. The molecular weight excluding hydrogens is 313 g/mol. The van der Waals surface area contributed by atoms with Crippen molar-refractivity contribution in [1.29, 1.82) is 0 Å². The summed E-state index contributed by atoms with van der Waals surface area (Å²) in [4.78, 5) is 2.22. The summed E-state index contributed by atoms with van der Waals surface area (Å²) in [6, 6.07) is 9.55. The van der Waals surface area contributed by atoms with Crippen molar-refractivity contribution in [2.24, 2.45) is 0 Å². The third-order valence-corrected chi connectivity index (χ3v) is 4.41. The lowest BCUT2D eigenvalue weighted by molar-refractivity contribution is 0.0235. The van der Waals surface area contributed by atoms with Crippen molar-refractivity contribution in [3.8, 4) is 17.2 Å². The Morgan fingerprint density at radius 1 is 1.00 bits per heavy atom. The van der Waals surface area contributed by atoms with Gasteiger partial charge >= 0.3 is 0 Å². The number of phenols is 1. The Balaban J connectivity index is 1.78. The first-order valence-electron chi connectivity index (χ1n) is 7.92. The lowest BCUT2D eigenvalue weighted by Gasteiger charge is -2.35. The fraction of sp³-hybridized carbons (Fsp3) is 0.333. The number of hydrogen-bond donors (Lipinski definition) is 1. The summed E-state index contributed by atoms with van der Waals surface area (Å²) in [6.45, 7) is 2.87. The summed E-state index contributed by atoms with van der Waals surface area (Å²) < 4.78 is 29.5. The standard InChI is InChI=1S/C18H18FNO4/c19-13-3-1-12(2-4-13)18(20-5-7-22-8-6-20)14-9-16-17(10-15(14)21)24-11-23-16/h1-4,9-10,18,21H,5-8,11H2/t18-/m1/s1. The zero-order valence-corrected chi connectivity index (χ0v) is 13.1. The second-order valence-corrected chi connectivity index (χ2v) is 5.87. The fourth-order valence-corrected chi connectivity index (χ4v) is 3.23. The van der Waals surface area contributed by atoms with Crippen LogP contribution >= 0.6 is 0 Å².